The highest BCUT2D eigenvalue weighted by Gasteiger charge is 2.10. The molecule has 1 rings (SSSR count). The van der Waals surface area contributed by atoms with Gasteiger partial charge in [0.2, 0.25) is 0 Å². The fraction of sp³-hybridized carbons (Fsp3) is 0.333. The van der Waals surface area contributed by atoms with Crippen molar-refractivity contribution < 1.29 is 14.3 Å². The van der Waals surface area contributed by atoms with Gasteiger partial charge in [-0.25, -0.2) is 0 Å². The molecule has 0 bridgehead atoms. The van der Waals surface area contributed by atoms with E-state index in [9.17, 15) is 9.59 Å². The van der Waals surface area contributed by atoms with Crippen LogP contribution in [0.15, 0.2) is 18.2 Å². The second-order valence-corrected chi connectivity index (χ2v) is 3.31. The fourth-order valence-corrected chi connectivity index (χ4v) is 1.33. The van der Waals surface area contributed by atoms with E-state index in [1.807, 2.05) is 6.92 Å². The molecule has 0 aromatic heterocycles. The average molecular weight is 221 g/mol. The van der Waals surface area contributed by atoms with Crippen LogP contribution >= 0.6 is 0 Å². The van der Waals surface area contributed by atoms with Crippen LogP contribution in [0.25, 0.3) is 0 Å². The number of ether oxygens (including phenoxy) is 1. The number of hydrogen-bond donors (Lipinski definition) is 1. The minimum Gasteiger partial charge on any atom is -0.494 e. The third-order valence-electron chi connectivity index (χ3n) is 2.11. The van der Waals surface area contributed by atoms with Crippen LogP contribution in [0.3, 0.4) is 0 Å². The second-order valence-electron chi connectivity index (χ2n) is 3.31. The van der Waals surface area contributed by atoms with Crippen molar-refractivity contribution in [3.8, 4) is 5.75 Å². The highest BCUT2D eigenvalue weighted by atomic mass is 16.5. The Hall–Kier alpha value is -1.84. The summed E-state index contributed by atoms with van der Waals surface area (Å²) in [5.74, 6) is 0.213. The molecule has 0 saturated carbocycles. The van der Waals surface area contributed by atoms with Crippen LogP contribution in [0.4, 0.5) is 0 Å². The minimum absolute atomic E-state index is 0.0910. The van der Waals surface area contributed by atoms with Gasteiger partial charge in [-0.15, -0.1) is 0 Å². The van der Waals surface area contributed by atoms with Crippen molar-refractivity contribution in [2.75, 3.05) is 13.7 Å². The molecule has 0 aliphatic rings. The average Bonchev–Trinajstić information content (AvgIpc) is 2.28. The second kappa shape index (κ2) is 5.30. The first-order valence-corrected chi connectivity index (χ1v) is 5.09. The summed E-state index contributed by atoms with van der Waals surface area (Å²) in [5, 5.41) is 2.51. The lowest BCUT2D eigenvalue weighted by molar-refractivity contribution is 0.0962. The van der Waals surface area contributed by atoms with E-state index in [2.05, 4.69) is 5.32 Å². The maximum absolute atomic E-state index is 11.5. The summed E-state index contributed by atoms with van der Waals surface area (Å²) in [6, 6.07) is 4.82. The zero-order chi connectivity index (χ0) is 12.1. The van der Waals surface area contributed by atoms with Crippen LogP contribution in [-0.2, 0) is 0 Å². The molecule has 0 fully saturated rings. The lowest BCUT2D eigenvalue weighted by Crippen LogP contribution is -2.18. The fourth-order valence-electron chi connectivity index (χ4n) is 1.33. The van der Waals surface area contributed by atoms with Crippen molar-refractivity contribution in [2.45, 2.75) is 13.8 Å². The Morgan fingerprint density at radius 2 is 1.88 bits per heavy atom. The van der Waals surface area contributed by atoms with Gasteiger partial charge in [0.1, 0.15) is 5.75 Å². The third kappa shape index (κ3) is 2.82. The SMILES string of the molecule is CCOc1cc(C(C)=O)cc(C(=O)NC)c1. The van der Waals surface area contributed by atoms with Gasteiger partial charge in [-0.1, -0.05) is 0 Å². The third-order valence-corrected chi connectivity index (χ3v) is 2.11. The molecule has 0 aliphatic heterocycles. The highest BCUT2D eigenvalue weighted by Crippen LogP contribution is 2.18. The predicted octanol–water partition coefficient (Wildman–Crippen LogP) is 1.65. The molecule has 0 saturated heterocycles. The minimum atomic E-state index is -0.232. The molecule has 0 spiro atoms. The van der Waals surface area contributed by atoms with Crippen molar-refractivity contribution in [1.29, 1.82) is 0 Å². The van der Waals surface area contributed by atoms with Crippen LogP contribution in [0, 0.1) is 0 Å². The van der Waals surface area contributed by atoms with E-state index < -0.39 is 0 Å². The zero-order valence-electron chi connectivity index (χ0n) is 9.66. The largest absolute Gasteiger partial charge is 0.494 e. The predicted molar refractivity (Wildman–Crippen MR) is 61.0 cm³/mol. The van der Waals surface area contributed by atoms with E-state index in [4.69, 9.17) is 4.74 Å². The monoisotopic (exact) mass is 221 g/mol. The van der Waals surface area contributed by atoms with E-state index in [1.54, 1.807) is 25.2 Å². The van der Waals surface area contributed by atoms with E-state index in [-0.39, 0.29) is 11.7 Å². The van der Waals surface area contributed by atoms with Gasteiger partial charge in [-0.2, -0.15) is 0 Å². The van der Waals surface area contributed by atoms with Crippen LogP contribution in [0.5, 0.6) is 5.75 Å². The van der Waals surface area contributed by atoms with Gasteiger partial charge in [0.25, 0.3) is 5.91 Å². The summed E-state index contributed by atoms with van der Waals surface area (Å²) in [6.45, 7) is 3.80. The van der Waals surface area contributed by atoms with E-state index in [1.165, 1.54) is 6.92 Å². The van der Waals surface area contributed by atoms with Crippen LogP contribution < -0.4 is 10.1 Å². The Morgan fingerprint density at radius 1 is 1.25 bits per heavy atom. The highest BCUT2D eigenvalue weighted by molar-refractivity contribution is 6.00. The molecular formula is C12H15NO3. The molecular weight excluding hydrogens is 206 g/mol. The standard InChI is InChI=1S/C12H15NO3/c1-4-16-11-6-9(8(2)14)5-10(7-11)12(15)13-3/h5-7H,4H2,1-3H3,(H,13,15). The molecule has 0 radical (unpaired) electrons. The maximum atomic E-state index is 11.5. The van der Waals surface area contributed by atoms with Crippen molar-refractivity contribution in [1.82, 2.24) is 5.32 Å². The normalized spacial score (nSPS) is 9.69. The Labute approximate surface area is 94.6 Å². The number of amides is 1. The van der Waals surface area contributed by atoms with Crippen molar-refractivity contribution >= 4 is 11.7 Å². The lowest BCUT2D eigenvalue weighted by atomic mass is 10.1. The summed E-state index contributed by atoms with van der Waals surface area (Å²) in [4.78, 5) is 22.7. The zero-order valence-corrected chi connectivity index (χ0v) is 9.66. The first-order valence-electron chi connectivity index (χ1n) is 5.09. The topological polar surface area (TPSA) is 55.4 Å². The van der Waals surface area contributed by atoms with E-state index >= 15 is 0 Å². The van der Waals surface area contributed by atoms with Crippen molar-refractivity contribution in [3.05, 3.63) is 29.3 Å². The van der Waals surface area contributed by atoms with Gasteiger partial charge < -0.3 is 10.1 Å². The number of hydrogen-bond acceptors (Lipinski definition) is 3. The van der Waals surface area contributed by atoms with Crippen LogP contribution in [0.1, 0.15) is 34.6 Å². The number of ketones is 1. The van der Waals surface area contributed by atoms with Gasteiger partial charge in [0.15, 0.2) is 5.78 Å². The Bertz CT molecular complexity index is 413. The van der Waals surface area contributed by atoms with Crippen molar-refractivity contribution in [3.63, 3.8) is 0 Å². The molecule has 1 N–H and O–H groups in total. The molecule has 0 aliphatic carbocycles. The van der Waals surface area contributed by atoms with Crippen LogP contribution in [0.2, 0.25) is 0 Å². The first kappa shape index (κ1) is 12.2. The Morgan fingerprint density at radius 3 is 2.38 bits per heavy atom. The molecule has 4 heteroatoms. The molecule has 4 nitrogen and oxygen atoms in total. The van der Waals surface area contributed by atoms with Gasteiger partial charge >= 0.3 is 0 Å². The summed E-state index contributed by atoms with van der Waals surface area (Å²) in [7, 11) is 1.54. The quantitative estimate of drug-likeness (QED) is 0.786. The lowest BCUT2D eigenvalue weighted by Gasteiger charge is -2.07. The molecule has 0 heterocycles. The summed E-state index contributed by atoms with van der Waals surface area (Å²) < 4.78 is 5.30. The first-order chi connectivity index (χ1) is 7.58. The smallest absolute Gasteiger partial charge is 0.251 e. The molecule has 86 valence electrons. The number of carbonyl (C=O) groups is 2. The van der Waals surface area contributed by atoms with Gasteiger partial charge in [0, 0.05) is 18.2 Å². The number of rotatable bonds is 4. The summed E-state index contributed by atoms with van der Waals surface area (Å²) >= 11 is 0. The van der Waals surface area contributed by atoms with Gasteiger partial charge in [-0.05, 0) is 32.0 Å². The molecule has 0 unspecified atom stereocenters. The van der Waals surface area contributed by atoms with Gasteiger partial charge in [-0.3, -0.25) is 9.59 Å². The Kier molecular flexibility index (Phi) is 4.05. The maximum Gasteiger partial charge on any atom is 0.251 e. The summed E-state index contributed by atoms with van der Waals surface area (Å²) in [5.41, 5.74) is 0.906. The van der Waals surface area contributed by atoms with E-state index in [0.717, 1.165) is 0 Å². The number of benzene rings is 1. The van der Waals surface area contributed by atoms with Crippen molar-refractivity contribution in [2.24, 2.45) is 0 Å². The number of nitrogens with one attached hydrogen (secondary N) is 1. The molecule has 16 heavy (non-hydrogen) atoms. The summed E-state index contributed by atoms with van der Waals surface area (Å²) in [6.07, 6.45) is 0. The Balaban J connectivity index is 3.18. The molecule has 1 amide bonds. The number of carbonyl (C=O) groups excluding carboxylic acids is 2. The van der Waals surface area contributed by atoms with Gasteiger partial charge in [0.05, 0.1) is 6.61 Å². The van der Waals surface area contributed by atoms with E-state index in [0.29, 0.717) is 23.5 Å². The number of Topliss-reactive ketones (excluding diaryl/α,β-unsaturated/α-hetero) is 1. The van der Waals surface area contributed by atoms with Crippen LogP contribution in [-0.4, -0.2) is 25.3 Å². The molecule has 0 atom stereocenters. The molecule has 1 aromatic rings. The molecule has 1 aromatic carbocycles.